The van der Waals surface area contributed by atoms with Crippen molar-refractivity contribution in [3.05, 3.63) is 28.8 Å². The van der Waals surface area contributed by atoms with E-state index in [1.54, 1.807) is 12.1 Å². The van der Waals surface area contributed by atoms with Gasteiger partial charge in [-0.2, -0.15) is 0 Å². The Bertz CT molecular complexity index is 433. The lowest BCUT2D eigenvalue weighted by atomic mass is 9.96. The third-order valence-electron chi connectivity index (χ3n) is 3.33. The molecule has 0 aliphatic rings. The van der Waals surface area contributed by atoms with Gasteiger partial charge in [0, 0.05) is 12.1 Å². The predicted octanol–water partition coefficient (Wildman–Crippen LogP) is 2.45. The summed E-state index contributed by atoms with van der Waals surface area (Å²) in [6.07, 6.45) is 1.26. The standard InChI is InChI=1S/C14H21ClN2O2/c1-3-9(4-2)13(18)8-17-14(19)10-5-6-12(16)11(15)7-10/h5-7,9,13,18H,3-4,8,16H2,1-2H3,(H,17,19). The van der Waals surface area contributed by atoms with E-state index in [0.29, 0.717) is 16.3 Å². The molecule has 4 N–H and O–H groups in total. The van der Waals surface area contributed by atoms with E-state index in [2.05, 4.69) is 5.32 Å². The number of aliphatic hydroxyl groups excluding tert-OH is 1. The third-order valence-corrected chi connectivity index (χ3v) is 3.65. The zero-order valence-corrected chi connectivity index (χ0v) is 12.1. The Labute approximate surface area is 118 Å². The second-order valence-electron chi connectivity index (χ2n) is 4.59. The summed E-state index contributed by atoms with van der Waals surface area (Å²) in [6, 6.07) is 4.73. The molecule has 1 atom stereocenters. The van der Waals surface area contributed by atoms with Crippen molar-refractivity contribution in [3.8, 4) is 0 Å². The molecular weight excluding hydrogens is 264 g/mol. The molecule has 106 valence electrons. The van der Waals surface area contributed by atoms with E-state index in [0.717, 1.165) is 12.8 Å². The van der Waals surface area contributed by atoms with E-state index < -0.39 is 6.10 Å². The van der Waals surface area contributed by atoms with Crippen molar-refractivity contribution in [3.63, 3.8) is 0 Å². The minimum atomic E-state index is -0.525. The lowest BCUT2D eigenvalue weighted by Crippen LogP contribution is -2.36. The number of carbonyl (C=O) groups excluding carboxylic acids is 1. The van der Waals surface area contributed by atoms with Crippen LogP contribution in [0.4, 0.5) is 5.69 Å². The van der Waals surface area contributed by atoms with Crippen molar-refractivity contribution in [1.29, 1.82) is 0 Å². The van der Waals surface area contributed by atoms with Crippen molar-refractivity contribution in [1.82, 2.24) is 5.32 Å². The Morgan fingerprint density at radius 1 is 1.42 bits per heavy atom. The summed E-state index contributed by atoms with van der Waals surface area (Å²) in [5.74, 6) is -0.0535. The summed E-state index contributed by atoms with van der Waals surface area (Å²) in [4.78, 5) is 11.9. The smallest absolute Gasteiger partial charge is 0.251 e. The van der Waals surface area contributed by atoms with E-state index in [1.165, 1.54) is 6.07 Å². The molecule has 1 unspecified atom stereocenters. The molecule has 0 radical (unpaired) electrons. The van der Waals surface area contributed by atoms with Crippen molar-refractivity contribution in [2.45, 2.75) is 32.8 Å². The van der Waals surface area contributed by atoms with Gasteiger partial charge in [-0.25, -0.2) is 0 Å². The number of hydrogen-bond donors (Lipinski definition) is 3. The van der Waals surface area contributed by atoms with Crippen molar-refractivity contribution < 1.29 is 9.90 Å². The van der Waals surface area contributed by atoms with Gasteiger partial charge in [0.05, 0.1) is 16.8 Å². The van der Waals surface area contributed by atoms with Gasteiger partial charge in [0.2, 0.25) is 0 Å². The van der Waals surface area contributed by atoms with Crippen LogP contribution in [0, 0.1) is 5.92 Å². The molecule has 1 amide bonds. The maximum atomic E-state index is 11.9. The molecule has 0 bridgehead atoms. The Hall–Kier alpha value is -1.26. The summed E-state index contributed by atoms with van der Waals surface area (Å²) in [5, 5.41) is 13.0. The van der Waals surface area contributed by atoms with Crippen LogP contribution in [0.2, 0.25) is 5.02 Å². The van der Waals surface area contributed by atoms with Crippen LogP contribution in [-0.2, 0) is 0 Å². The molecule has 1 rings (SSSR count). The normalized spacial score (nSPS) is 12.5. The van der Waals surface area contributed by atoms with Crippen molar-refractivity contribution in [2.24, 2.45) is 5.92 Å². The number of anilines is 1. The average molecular weight is 285 g/mol. The van der Waals surface area contributed by atoms with Gasteiger partial charge in [-0.3, -0.25) is 4.79 Å². The summed E-state index contributed by atoms with van der Waals surface area (Å²) in [7, 11) is 0. The van der Waals surface area contributed by atoms with Gasteiger partial charge >= 0.3 is 0 Å². The Morgan fingerprint density at radius 3 is 2.58 bits per heavy atom. The van der Waals surface area contributed by atoms with Gasteiger partial charge in [0.15, 0.2) is 0 Å². The maximum Gasteiger partial charge on any atom is 0.251 e. The molecule has 0 heterocycles. The van der Waals surface area contributed by atoms with Gasteiger partial charge < -0.3 is 16.2 Å². The molecule has 0 aliphatic heterocycles. The first-order valence-corrected chi connectivity index (χ1v) is 6.88. The largest absolute Gasteiger partial charge is 0.398 e. The summed E-state index contributed by atoms with van der Waals surface area (Å²) < 4.78 is 0. The lowest BCUT2D eigenvalue weighted by Gasteiger charge is -2.20. The van der Waals surface area contributed by atoms with Crippen LogP contribution in [0.3, 0.4) is 0 Å². The number of hydrogen-bond acceptors (Lipinski definition) is 3. The average Bonchev–Trinajstić information content (AvgIpc) is 2.40. The van der Waals surface area contributed by atoms with Gasteiger partial charge in [0.25, 0.3) is 5.91 Å². The summed E-state index contributed by atoms with van der Waals surface area (Å²) >= 11 is 5.86. The number of benzene rings is 1. The maximum absolute atomic E-state index is 11.9. The van der Waals surface area contributed by atoms with Gasteiger partial charge in [-0.15, -0.1) is 0 Å². The molecular formula is C14H21ClN2O2. The van der Waals surface area contributed by atoms with Crippen molar-refractivity contribution in [2.75, 3.05) is 12.3 Å². The van der Waals surface area contributed by atoms with Gasteiger partial charge in [-0.1, -0.05) is 38.3 Å². The molecule has 1 aromatic carbocycles. The Kier molecular flexibility index (Phi) is 6.12. The van der Waals surface area contributed by atoms with E-state index in [4.69, 9.17) is 17.3 Å². The fourth-order valence-corrected chi connectivity index (χ4v) is 2.15. The molecule has 0 aliphatic carbocycles. The molecule has 1 aromatic rings. The number of carbonyl (C=O) groups is 1. The van der Waals surface area contributed by atoms with Crippen LogP contribution in [0.5, 0.6) is 0 Å². The van der Waals surface area contributed by atoms with Crippen LogP contribution in [0.1, 0.15) is 37.0 Å². The third kappa shape index (κ3) is 4.40. The number of aliphatic hydroxyl groups is 1. The van der Waals surface area contributed by atoms with Crippen LogP contribution in [0.15, 0.2) is 18.2 Å². The monoisotopic (exact) mass is 284 g/mol. The van der Waals surface area contributed by atoms with Crippen LogP contribution >= 0.6 is 11.6 Å². The van der Waals surface area contributed by atoms with E-state index >= 15 is 0 Å². The number of nitrogens with two attached hydrogens (primary N) is 1. The van der Waals surface area contributed by atoms with Crippen LogP contribution in [0.25, 0.3) is 0 Å². The molecule has 0 spiro atoms. The van der Waals surface area contributed by atoms with E-state index in [-0.39, 0.29) is 18.4 Å². The molecule has 4 nitrogen and oxygen atoms in total. The van der Waals surface area contributed by atoms with E-state index in [9.17, 15) is 9.90 Å². The molecule has 0 fully saturated rings. The molecule has 0 saturated carbocycles. The zero-order valence-electron chi connectivity index (χ0n) is 11.3. The second-order valence-corrected chi connectivity index (χ2v) is 5.00. The fourth-order valence-electron chi connectivity index (χ4n) is 1.97. The summed E-state index contributed by atoms with van der Waals surface area (Å²) in [5.41, 5.74) is 6.46. The van der Waals surface area contributed by atoms with Gasteiger partial charge in [0.1, 0.15) is 0 Å². The van der Waals surface area contributed by atoms with Crippen LogP contribution < -0.4 is 11.1 Å². The second kappa shape index (κ2) is 7.36. The van der Waals surface area contributed by atoms with Crippen molar-refractivity contribution >= 4 is 23.2 Å². The fraction of sp³-hybridized carbons (Fsp3) is 0.500. The molecule has 0 saturated heterocycles. The first-order valence-electron chi connectivity index (χ1n) is 6.50. The number of nitrogens with one attached hydrogen (secondary N) is 1. The van der Waals surface area contributed by atoms with E-state index in [1.807, 2.05) is 13.8 Å². The molecule has 19 heavy (non-hydrogen) atoms. The topological polar surface area (TPSA) is 75.3 Å². The quantitative estimate of drug-likeness (QED) is 0.702. The van der Waals surface area contributed by atoms with Crippen LogP contribution in [-0.4, -0.2) is 23.7 Å². The number of amides is 1. The number of rotatable bonds is 6. The molecule has 5 heteroatoms. The first-order chi connectivity index (χ1) is 8.99. The SMILES string of the molecule is CCC(CC)C(O)CNC(=O)c1ccc(N)c(Cl)c1. The minimum absolute atomic E-state index is 0.204. The minimum Gasteiger partial charge on any atom is -0.398 e. The Morgan fingerprint density at radius 2 is 2.05 bits per heavy atom. The highest BCUT2D eigenvalue weighted by Gasteiger charge is 2.16. The number of halogens is 1. The lowest BCUT2D eigenvalue weighted by molar-refractivity contribution is 0.0816. The van der Waals surface area contributed by atoms with Gasteiger partial charge in [-0.05, 0) is 24.1 Å². The highest BCUT2D eigenvalue weighted by atomic mass is 35.5. The Balaban J connectivity index is 2.58. The molecule has 0 aromatic heterocycles. The highest BCUT2D eigenvalue weighted by Crippen LogP contribution is 2.19. The predicted molar refractivity (Wildman–Crippen MR) is 78.3 cm³/mol. The first kappa shape index (κ1) is 15.8. The number of nitrogen functional groups attached to an aromatic ring is 1. The zero-order chi connectivity index (χ0) is 14.4. The summed E-state index contributed by atoms with van der Waals surface area (Å²) in [6.45, 7) is 4.30. The highest BCUT2D eigenvalue weighted by molar-refractivity contribution is 6.33.